The van der Waals surface area contributed by atoms with Crippen LogP contribution in [-0.2, 0) is 29.1 Å². The molecule has 0 amide bonds. The SMILES string of the molecule is C[C-](C)C.[C-]#[N+]C(C)(CC)CC.[CH-]=O.[CH-]=O.[Ru+4]. The molecule has 17 heavy (non-hydrogen) atoms. The largest absolute Gasteiger partial charge is 4.00 e. The van der Waals surface area contributed by atoms with E-state index in [0.717, 1.165) is 12.8 Å². The van der Waals surface area contributed by atoms with Crippen molar-refractivity contribution in [2.45, 2.75) is 59.9 Å². The van der Waals surface area contributed by atoms with Gasteiger partial charge in [0.05, 0.1) is 0 Å². The minimum atomic E-state index is -0.0833. The maximum Gasteiger partial charge on any atom is 4.00 e. The van der Waals surface area contributed by atoms with Crippen molar-refractivity contribution >= 4 is 13.6 Å². The maximum atomic E-state index is 7.75. The van der Waals surface area contributed by atoms with E-state index >= 15 is 0 Å². The Morgan fingerprint density at radius 2 is 1.24 bits per heavy atom. The first-order valence-electron chi connectivity index (χ1n) is 5.04. The quantitative estimate of drug-likeness (QED) is 0.442. The van der Waals surface area contributed by atoms with Crippen LogP contribution in [0.2, 0.25) is 0 Å². The molecule has 0 heterocycles. The van der Waals surface area contributed by atoms with Gasteiger partial charge >= 0.3 is 19.5 Å². The first-order chi connectivity index (χ1) is 7.41. The Bertz CT molecular complexity index is 159. The van der Waals surface area contributed by atoms with Crippen molar-refractivity contribution in [2.24, 2.45) is 0 Å². The zero-order valence-corrected chi connectivity index (χ0v) is 13.4. The molecule has 0 aromatic heterocycles. The van der Waals surface area contributed by atoms with E-state index in [2.05, 4.69) is 53.0 Å². The number of nitrogens with zero attached hydrogens (tertiary/aromatic N) is 1. The molecule has 3 nitrogen and oxygen atoms in total. The number of rotatable bonds is 2. The summed E-state index contributed by atoms with van der Waals surface area (Å²) in [5.41, 5.74) is -0.0833. The van der Waals surface area contributed by atoms with Gasteiger partial charge in [-0.25, -0.2) is 6.57 Å². The molecule has 0 radical (unpaired) electrons. The topological polar surface area (TPSA) is 38.5 Å². The molecule has 0 rings (SSSR count). The molecule has 0 aromatic carbocycles. The maximum absolute atomic E-state index is 7.75. The molecular weight excluding hydrogens is 303 g/mol. The Balaban J connectivity index is -0.0000000457. The van der Waals surface area contributed by atoms with E-state index in [4.69, 9.17) is 16.2 Å². The molecule has 0 N–H and O–H groups in total. The van der Waals surface area contributed by atoms with E-state index < -0.39 is 0 Å². The fourth-order valence-electron chi connectivity index (χ4n) is 0.408. The standard InChI is InChI=1S/C7H13N.C4H9.2CHO.Ru/c1-5-7(3,6-2)8-4;1-4(2)3;2*1-2;/h5-6H2,1-3H3;1-3H3;2*1H;/q;3*-1;+4. The van der Waals surface area contributed by atoms with Crippen LogP contribution in [0.25, 0.3) is 4.85 Å². The van der Waals surface area contributed by atoms with Gasteiger partial charge in [0, 0.05) is 19.8 Å². The van der Waals surface area contributed by atoms with Crippen molar-refractivity contribution in [2.75, 3.05) is 0 Å². The van der Waals surface area contributed by atoms with E-state index in [1.807, 2.05) is 6.92 Å². The molecule has 0 saturated carbocycles. The van der Waals surface area contributed by atoms with Crippen molar-refractivity contribution in [1.29, 1.82) is 0 Å². The van der Waals surface area contributed by atoms with Crippen molar-refractivity contribution in [1.82, 2.24) is 0 Å². The van der Waals surface area contributed by atoms with Crippen LogP contribution in [0.1, 0.15) is 54.4 Å². The van der Waals surface area contributed by atoms with E-state index in [9.17, 15) is 0 Å². The Labute approximate surface area is 120 Å². The molecule has 0 aliphatic carbocycles. The molecule has 0 bridgehead atoms. The summed E-state index contributed by atoms with van der Waals surface area (Å²) in [6, 6.07) is 0. The smallest absolute Gasteiger partial charge is 0.545 e. The first kappa shape index (κ1) is 30.0. The molecule has 0 aliphatic heterocycles. The van der Waals surface area contributed by atoms with Gasteiger partial charge in [-0.15, -0.1) is 0 Å². The van der Waals surface area contributed by atoms with Gasteiger partial charge in [0.15, 0.2) is 0 Å². The average Bonchev–Trinajstić information content (AvgIpc) is 2.32. The summed E-state index contributed by atoms with van der Waals surface area (Å²) >= 11 is 0. The normalized spacial score (nSPS) is 7.65. The van der Waals surface area contributed by atoms with Crippen LogP contribution in [0.5, 0.6) is 0 Å². The second-order valence-electron chi connectivity index (χ2n) is 3.82. The second-order valence-corrected chi connectivity index (χ2v) is 3.82. The van der Waals surface area contributed by atoms with Gasteiger partial charge in [-0.05, 0) is 0 Å². The summed E-state index contributed by atoms with van der Waals surface area (Å²) < 4.78 is 0. The van der Waals surface area contributed by atoms with Crippen LogP contribution >= 0.6 is 0 Å². The molecule has 0 aliphatic rings. The predicted molar refractivity (Wildman–Crippen MR) is 69.4 cm³/mol. The first-order valence-corrected chi connectivity index (χ1v) is 5.04. The molecule has 0 atom stereocenters. The van der Waals surface area contributed by atoms with Crippen LogP contribution < -0.4 is 0 Å². The number of carbonyl (C=O) groups excluding carboxylic acids is 2. The summed E-state index contributed by atoms with van der Waals surface area (Å²) in [6.07, 6.45) is 1.93. The van der Waals surface area contributed by atoms with Crippen LogP contribution in [0.15, 0.2) is 0 Å². The molecule has 0 saturated heterocycles. The Morgan fingerprint density at radius 1 is 1.06 bits per heavy atom. The van der Waals surface area contributed by atoms with Gasteiger partial charge in [0.2, 0.25) is 5.54 Å². The molecule has 100 valence electrons. The van der Waals surface area contributed by atoms with Crippen LogP contribution in [0.4, 0.5) is 0 Å². The molecule has 0 unspecified atom stereocenters. The second kappa shape index (κ2) is 24.6. The number of hydrogen-bond donors (Lipinski definition) is 0. The minimum Gasteiger partial charge on any atom is -0.545 e. The fraction of sp³-hybridized carbons (Fsp3) is 0.692. The fourth-order valence-corrected chi connectivity index (χ4v) is 0.408. The van der Waals surface area contributed by atoms with E-state index in [1.165, 1.54) is 5.92 Å². The summed E-state index contributed by atoms with van der Waals surface area (Å²) in [6.45, 7) is 25.6. The Kier molecular flexibility index (Phi) is 43.4. The summed E-state index contributed by atoms with van der Waals surface area (Å²) in [5.74, 6) is 1.42. The van der Waals surface area contributed by atoms with E-state index in [0.29, 0.717) is 0 Å². The Morgan fingerprint density at radius 3 is 1.24 bits per heavy atom. The molecule has 0 aromatic rings. The van der Waals surface area contributed by atoms with Gasteiger partial charge in [-0.2, -0.15) is 20.8 Å². The minimum absolute atomic E-state index is 0. The van der Waals surface area contributed by atoms with Crippen molar-refractivity contribution in [3.63, 3.8) is 0 Å². The third-order valence-electron chi connectivity index (χ3n) is 1.79. The summed E-state index contributed by atoms with van der Waals surface area (Å²) in [7, 11) is 0. The summed E-state index contributed by atoms with van der Waals surface area (Å²) in [4.78, 5) is 19.0. The van der Waals surface area contributed by atoms with Crippen molar-refractivity contribution < 1.29 is 29.1 Å². The Hall–Kier alpha value is -0.547. The van der Waals surface area contributed by atoms with Crippen molar-refractivity contribution in [3.8, 4) is 0 Å². The van der Waals surface area contributed by atoms with Gasteiger partial charge < -0.3 is 20.4 Å². The monoisotopic (exact) mass is 328 g/mol. The molecule has 0 spiro atoms. The van der Waals surface area contributed by atoms with E-state index in [-0.39, 0.29) is 25.0 Å². The van der Waals surface area contributed by atoms with Gasteiger partial charge in [-0.1, -0.05) is 13.8 Å². The van der Waals surface area contributed by atoms with E-state index in [1.54, 1.807) is 0 Å². The predicted octanol–water partition coefficient (Wildman–Crippen LogP) is 3.55. The third-order valence-corrected chi connectivity index (χ3v) is 1.79. The molecule has 0 fully saturated rings. The zero-order valence-electron chi connectivity index (χ0n) is 11.7. The summed E-state index contributed by atoms with van der Waals surface area (Å²) in [5, 5.41) is 0. The molecule has 4 heteroatoms. The van der Waals surface area contributed by atoms with Crippen LogP contribution in [0.3, 0.4) is 0 Å². The van der Waals surface area contributed by atoms with Crippen LogP contribution in [-0.4, -0.2) is 19.1 Å². The molecular formula is C13H24NO2Ru+. The number of hydrogen-bond acceptors (Lipinski definition) is 2. The van der Waals surface area contributed by atoms with Gasteiger partial charge in [0.25, 0.3) is 0 Å². The third kappa shape index (κ3) is 39.1. The van der Waals surface area contributed by atoms with Crippen molar-refractivity contribution in [3.05, 3.63) is 17.3 Å². The van der Waals surface area contributed by atoms with Gasteiger partial charge in [-0.3, -0.25) is 13.6 Å². The average molecular weight is 327 g/mol. The van der Waals surface area contributed by atoms with Crippen LogP contribution in [0, 0.1) is 12.5 Å². The zero-order chi connectivity index (χ0) is 14.2. The van der Waals surface area contributed by atoms with Gasteiger partial charge in [0.1, 0.15) is 0 Å².